The molecule has 0 unspecified atom stereocenters. The summed E-state index contributed by atoms with van der Waals surface area (Å²) in [4.78, 5) is 0. The van der Waals surface area contributed by atoms with Crippen molar-refractivity contribution >= 4 is 19.4 Å². The number of hydrogen-bond donors (Lipinski definition) is 1. The molecular formula is C23H33NO3Si. The first-order valence-corrected chi connectivity index (χ1v) is 11.7. The van der Waals surface area contributed by atoms with Crippen molar-refractivity contribution in [1.29, 1.82) is 0 Å². The van der Waals surface area contributed by atoms with Crippen LogP contribution in [0.25, 0.3) is 0 Å². The number of ether oxygens (including phenoxy) is 2. The van der Waals surface area contributed by atoms with Crippen molar-refractivity contribution < 1.29 is 13.9 Å². The lowest BCUT2D eigenvalue weighted by atomic mass is 9.73. The lowest BCUT2D eigenvalue weighted by molar-refractivity contribution is -0.309. The summed E-state index contributed by atoms with van der Waals surface area (Å²) in [5.41, 5.74) is 6.41. The Kier molecular flexibility index (Phi) is 6.73. The van der Waals surface area contributed by atoms with Gasteiger partial charge in [-0.25, -0.2) is 0 Å². The van der Waals surface area contributed by atoms with E-state index in [9.17, 15) is 0 Å². The van der Waals surface area contributed by atoms with E-state index in [0.29, 0.717) is 12.5 Å². The topological polar surface area (TPSA) is 53.7 Å². The summed E-state index contributed by atoms with van der Waals surface area (Å²) in [6.07, 6.45) is 1.33. The second-order valence-corrected chi connectivity index (χ2v) is 11.0. The molecule has 1 aliphatic rings. The van der Waals surface area contributed by atoms with Gasteiger partial charge in [0.2, 0.25) is 9.04 Å². The Morgan fingerprint density at radius 3 is 2.00 bits per heavy atom. The van der Waals surface area contributed by atoms with Crippen LogP contribution in [0.4, 0.5) is 0 Å². The van der Waals surface area contributed by atoms with Crippen molar-refractivity contribution in [2.75, 3.05) is 13.7 Å². The SMILES string of the molecule is CO[C@@H]1C[C@@H](C(C)(C)C)C[C@](CN)(O[SiH](c2ccccc2)c2ccccc2)O1. The molecule has 1 saturated heterocycles. The standard InChI is InChI=1S/C23H33NO3Si/c1-22(2,3)18-15-21(25-4)26-23(16-18,17-24)27-28(19-11-7-5-8-12-19)20-13-9-6-10-14-20/h5-14,18,21,28H,15-17,24H2,1-4H3/t18-,21+,23-/m1/s1. The van der Waals surface area contributed by atoms with Crippen LogP contribution in [0.1, 0.15) is 33.6 Å². The highest BCUT2D eigenvalue weighted by molar-refractivity contribution is 6.80. The molecule has 0 amide bonds. The molecule has 28 heavy (non-hydrogen) atoms. The summed E-state index contributed by atoms with van der Waals surface area (Å²) >= 11 is 0. The van der Waals surface area contributed by atoms with E-state index in [2.05, 4.69) is 69.3 Å². The second kappa shape index (κ2) is 8.89. The highest BCUT2D eigenvalue weighted by Crippen LogP contribution is 2.42. The molecule has 1 fully saturated rings. The monoisotopic (exact) mass is 399 g/mol. The minimum absolute atomic E-state index is 0.126. The minimum Gasteiger partial charge on any atom is -0.383 e. The van der Waals surface area contributed by atoms with Crippen LogP contribution in [-0.4, -0.2) is 34.8 Å². The van der Waals surface area contributed by atoms with Gasteiger partial charge in [-0.2, -0.15) is 0 Å². The molecule has 3 atom stereocenters. The van der Waals surface area contributed by atoms with Gasteiger partial charge in [0.05, 0.1) is 0 Å². The van der Waals surface area contributed by atoms with E-state index in [1.807, 2.05) is 12.1 Å². The Hall–Kier alpha value is -1.50. The van der Waals surface area contributed by atoms with Gasteiger partial charge in [-0.3, -0.25) is 0 Å². The van der Waals surface area contributed by atoms with Gasteiger partial charge in [0.15, 0.2) is 12.1 Å². The van der Waals surface area contributed by atoms with Crippen LogP contribution in [0.3, 0.4) is 0 Å². The third-order valence-electron chi connectivity index (χ3n) is 5.72. The van der Waals surface area contributed by atoms with Crippen molar-refractivity contribution in [3.05, 3.63) is 60.7 Å². The molecule has 0 bridgehead atoms. The molecule has 0 aromatic heterocycles. The molecule has 2 aromatic rings. The maximum Gasteiger partial charge on any atom is 0.243 e. The summed E-state index contributed by atoms with van der Waals surface area (Å²) in [6, 6.07) is 20.9. The molecule has 2 N–H and O–H groups in total. The fraction of sp³-hybridized carbons (Fsp3) is 0.478. The molecule has 1 heterocycles. The molecule has 0 spiro atoms. The predicted octanol–water partition coefficient (Wildman–Crippen LogP) is 2.64. The number of benzene rings is 2. The lowest BCUT2D eigenvalue weighted by Gasteiger charge is -2.48. The van der Waals surface area contributed by atoms with Gasteiger partial charge >= 0.3 is 0 Å². The van der Waals surface area contributed by atoms with Crippen LogP contribution in [-0.2, 0) is 13.9 Å². The van der Waals surface area contributed by atoms with E-state index < -0.39 is 14.8 Å². The Morgan fingerprint density at radius 1 is 1.04 bits per heavy atom. The van der Waals surface area contributed by atoms with Crippen LogP contribution < -0.4 is 16.1 Å². The van der Waals surface area contributed by atoms with Gasteiger partial charge in [-0.1, -0.05) is 81.4 Å². The van der Waals surface area contributed by atoms with Crippen molar-refractivity contribution in [3.63, 3.8) is 0 Å². The highest BCUT2D eigenvalue weighted by Gasteiger charge is 2.47. The van der Waals surface area contributed by atoms with E-state index in [0.717, 1.165) is 12.8 Å². The Balaban J connectivity index is 1.96. The second-order valence-electron chi connectivity index (χ2n) is 8.72. The van der Waals surface area contributed by atoms with Crippen molar-refractivity contribution in [2.45, 2.75) is 45.7 Å². The molecule has 0 saturated carbocycles. The number of rotatable bonds is 6. The van der Waals surface area contributed by atoms with Crippen molar-refractivity contribution in [2.24, 2.45) is 17.1 Å². The van der Waals surface area contributed by atoms with E-state index in [4.69, 9.17) is 19.6 Å². The molecule has 5 heteroatoms. The van der Waals surface area contributed by atoms with Crippen molar-refractivity contribution in [1.82, 2.24) is 0 Å². The molecule has 3 rings (SSSR count). The van der Waals surface area contributed by atoms with Gasteiger partial charge in [0.1, 0.15) is 0 Å². The largest absolute Gasteiger partial charge is 0.383 e. The fourth-order valence-corrected chi connectivity index (χ4v) is 6.36. The van der Waals surface area contributed by atoms with Crippen LogP contribution in [0, 0.1) is 11.3 Å². The van der Waals surface area contributed by atoms with Crippen LogP contribution in [0.15, 0.2) is 60.7 Å². The Labute approximate surface area is 170 Å². The third-order valence-corrected chi connectivity index (χ3v) is 8.36. The smallest absolute Gasteiger partial charge is 0.243 e. The zero-order valence-corrected chi connectivity index (χ0v) is 18.6. The summed E-state index contributed by atoms with van der Waals surface area (Å²) in [6.45, 7) is 7.10. The van der Waals surface area contributed by atoms with Crippen LogP contribution in [0.5, 0.6) is 0 Å². The summed E-state index contributed by atoms with van der Waals surface area (Å²) in [5, 5.41) is 2.44. The number of methoxy groups -OCH3 is 1. The molecule has 2 aromatic carbocycles. The van der Waals surface area contributed by atoms with E-state index in [-0.39, 0.29) is 11.7 Å². The molecule has 4 nitrogen and oxygen atoms in total. The van der Waals surface area contributed by atoms with E-state index in [1.54, 1.807) is 7.11 Å². The van der Waals surface area contributed by atoms with Gasteiger partial charge in [0, 0.05) is 26.5 Å². The summed E-state index contributed by atoms with van der Waals surface area (Å²) in [7, 11) is -0.294. The average Bonchev–Trinajstić information content (AvgIpc) is 2.72. The first-order chi connectivity index (χ1) is 13.4. The third kappa shape index (κ3) is 4.91. The maximum atomic E-state index is 6.87. The van der Waals surface area contributed by atoms with Gasteiger partial charge in [-0.05, 0) is 21.7 Å². The van der Waals surface area contributed by atoms with Gasteiger partial charge in [0.25, 0.3) is 0 Å². The normalized spacial score (nSPS) is 25.8. The predicted molar refractivity (Wildman–Crippen MR) is 116 cm³/mol. The first-order valence-electron chi connectivity index (χ1n) is 10.1. The fourth-order valence-electron chi connectivity index (χ4n) is 3.89. The molecular weight excluding hydrogens is 366 g/mol. The van der Waals surface area contributed by atoms with E-state index in [1.165, 1.54) is 10.4 Å². The molecule has 0 radical (unpaired) electrons. The summed E-state index contributed by atoms with van der Waals surface area (Å²) < 4.78 is 18.8. The number of hydrogen-bond acceptors (Lipinski definition) is 4. The van der Waals surface area contributed by atoms with Crippen molar-refractivity contribution in [3.8, 4) is 0 Å². The molecule has 1 aliphatic heterocycles. The number of nitrogens with two attached hydrogens (primary N) is 1. The van der Waals surface area contributed by atoms with Gasteiger partial charge in [-0.15, -0.1) is 0 Å². The molecule has 0 aliphatic carbocycles. The Bertz CT molecular complexity index is 695. The quantitative estimate of drug-likeness (QED) is 0.759. The van der Waals surface area contributed by atoms with Gasteiger partial charge < -0.3 is 19.6 Å². The highest BCUT2D eigenvalue weighted by atomic mass is 28.3. The zero-order valence-electron chi connectivity index (χ0n) is 17.4. The molecule has 152 valence electrons. The summed E-state index contributed by atoms with van der Waals surface area (Å²) in [5.74, 6) is -0.435. The maximum absolute atomic E-state index is 6.87. The minimum atomic E-state index is -1.99. The lowest BCUT2D eigenvalue weighted by Crippen LogP contribution is -2.60. The Morgan fingerprint density at radius 2 is 1.57 bits per heavy atom. The first kappa shape index (κ1) is 21.2. The van der Waals surface area contributed by atoms with Crippen LogP contribution >= 0.6 is 0 Å². The van der Waals surface area contributed by atoms with Crippen LogP contribution in [0.2, 0.25) is 0 Å². The average molecular weight is 400 g/mol. The zero-order chi connectivity index (χ0) is 20.2. The van der Waals surface area contributed by atoms with E-state index >= 15 is 0 Å².